The topological polar surface area (TPSA) is 85.4 Å². The van der Waals surface area contributed by atoms with Crippen LogP contribution < -0.4 is 9.46 Å². The van der Waals surface area contributed by atoms with Crippen LogP contribution in [-0.2, 0) is 21.4 Å². The first kappa shape index (κ1) is 24.5. The molecule has 7 heteroatoms. The second-order valence-corrected chi connectivity index (χ2v) is 10.7. The number of ether oxygens (including phenoxy) is 1. The van der Waals surface area contributed by atoms with Crippen LogP contribution >= 0.6 is 0 Å². The van der Waals surface area contributed by atoms with E-state index in [1.165, 1.54) is 12.1 Å². The molecule has 0 saturated carbocycles. The van der Waals surface area contributed by atoms with E-state index in [2.05, 4.69) is 9.71 Å². The highest BCUT2D eigenvalue weighted by molar-refractivity contribution is 7.90. The van der Waals surface area contributed by atoms with Crippen molar-refractivity contribution in [2.24, 2.45) is 0 Å². The van der Waals surface area contributed by atoms with Gasteiger partial charge in [0.25, 0.3) is 10.0 Å². The highest BCUT2D eigenvalue weighted by Crippen LogP contribution is 2.26. The summed E-state index contributed by atoms with van der Waals surface area (Å²) < 4.78 is 33.4. The van der Waals surface area contributed by atoms with Crippen molar-refractivity contribution in [3.8, 4) is 5.75 Å². The number of carbonyl (C=O) groups is 1. The molecular weight excluding hydrogens is 484 g/mol. The third-order valence-electron chi connectivity index (χ3n) is 6.34. The molecule has 6 nitrogen and oxygen atoms in total. The molecule has 0 fully saturated rings. The number of carbonyl (C=O) groups excluding carboxylic acids is 1. The molecule has 1 unspecified atom stereocenters. The lowest BCUT2D eigenvalue weighted by atomic mass is 9.97. The molecule has 0 aliphatic carbocycles. The van der Waals surface area contributed by atoms with Crippen molar-refractivity contribution in [3.05, 3.63) is 114 Å². The highest BCUT2D eigenvalue weighted by atomic mass is 32.2. The minimum absolute atomic E-state index is 0.0589. The number of aryl methyl sites for hydroxylation is 1. The summed E-state index contributed by atoms with van der Waals surface area (Å²) in [4.78, 5) is 17.5. The Bertz CT molecular complexity index is 1710. The number of fused-ring (bicyclic) bond motifs is 2. The zero-order chi connectivity index (χ0) is 26.0. The van der Waals surface area contributed by atoms with Gasteiger partial charge in [-0.3, -0.25) is 4.79 Å². The van der Waals surface area contributed by atoms with Gasteiger partial charge >= 0.3 is 0 Å². The third-order valence-corrected chi connectivity index (χ3v) is 7.70. The number of hydrogen-bond acceptors (Lipinski definition) is 5. The van der Waals surface area contributed by atoms with Gasteiger partial charge in [-0.2, -0.15) is 0 Å². The van der Waals surface area contributed by atoms with Gasteiger partial charge in [0.15, 0.2) is 0 Å². The fraction of sp³-hybridized carbons (Fsp3) is 0.133. The quantitative estimate of drug-likeness (QED) is 0.295. The van der Waals surface area contributed by atoms with E-state index in [9.17, 15) is 13.2 Å². The number of amides is 1. The SMILES string of the molecule is Cc1ccc(S(=O)(=O)NC(=O)C(C)c2ccc3cc(OCc4ccc5ccccc5n4)ccc3c2)cc1. The smallest absolute Gasteiger partial charge is 0.264 e. The van der Waals surface area contributed by atoms with E-state index in [0.717, 1.165) is 38.5 Å². The van der Waals surface area contributed by atoms with E-state index in [4.69, 9.17) is 4.74 Å². The van der Waals surface area contributed by atoms with E-state index < -0.39 is 21.8 Å². The minimum Gasteiger partial charge on any atom is -0.487 e. The first-order chi connectivity index (χ1) is 17.8. The summed E-state index contributed by atoms with van der Waals surface area (Å²) in [6, 6.07) is 29.7. The van der Waals surface area contributed by atoms with Gasteiger partial charge in [-0.05, 0) is 66.6 Å². The first-order valence-electron chi connectivity index (χ1n) is 11.9. The zero-order valence-electron chi connectivity index (χ0n) is 20.5. The van der Waals surface area contributed by atoms with Gasteiger partial charge in [-0.25, -0.2) is 18.1 Å². The molecule has 0 aliphatic heterocycles. The van der Waals surface area contributed by atoms with Crippen LogP contribution in [0.25, 0.3) is 21.7 Å². The Morgan fingerprint density at radius 1 is 0.865 bits per heavy atom. The van der Waals surface area contributed by atoms with Gasteiger partial charge in [-0.15, -0.1) is 0 Å². The lowest BCUT2D eigenvalue weighted by molar-refractivity contribution is -0.120. The van der Waals surface area contributed by atoms with Crippen molar-refractivity contribution in [2.75, 3.05) is 0 Å². The van der Waals surface area contributed by atoms with Crippen molar-refractivity contribution in [2.45, 2.75) is 31.3 Å². The molecule has 0 bridgehead atoms. The summed E-state index contributed by atoms with van der Waals surface area (Å²) in [6.07, 6.45) is 0. The molecule has 0 aliphatic rings. The third kappa shape index (κ3) is 5.47. The summed E-state index contributed by atoms with van der Waals surface area (Å²) in [5.74, 6) is -0.521. The van der Waals surface area contributed by atoms with Crippen molar-refractivity contribution < 1.29 is 17.9 Å². The van der Waals surface area contributed by atoms with Crippen molar-refractivity contribution in [3.63, 3.8) is 0 Å². The Hall–Kier alpha value is -4.23. The van der Waals surface area contributed by atoms with Crippen LogP contribution in [0.15, 0.2) is 102 Å². The van der Waals surface area contributed by atoms with Gasteiger partial charge in [0.1, 0.15) is 12.4 Å². The Morgan fingerprint density at radius 2 is 1.57 bits per heavy atom. The Balaban J connectivity index is 1.27. The lowest BCUT2D eigenvalue weighted by Crippen LogP contribution is -2.33. The number of nitrogens with zero attached hydrogens (tertiary/aromatic N) is 1. The van der Waals surface area contributed by atoms with E-state index in [1.54, 1.807) is 19.1 Å². The van der Waals surface area contributed by atoms with Crippen molar-refractivity contribution in [1.29, 1.82) is 0 Å². The number of para-hydroxylation sites is 1. The number of aromatic nitrogens is 1. The molecule has 1 aromatic heterocycles. The fourth-order valence-electron chi connectivity index (χ4n) is 4.10. The second kappa shape index (κ2) is 10.0. The van der Waals surface area contributed by atoms with Gasteiger partial charge in [0.05, 0.1) is 22.0 Å². The standard InChI is InChI=1S/C30H26N2O4S/c1-20-7-15-28(16-8-20)37(34,35)32-30(33)21(2)23-9-10-25-18-27(14-12-24(25)17-23)36-19-26-13-11-22-5-3-4-6-29(22)31-26/h3-18,21H,19H2,1-2H3,(H,32,33). The van der Waals surface area contributed by atoms with E-state index in [0.29, 0.717) is 12.4 Å². The van der Waals surface area contributed by atoms with E-state index in [-0.39, 0.29) is 4.90 Å². The number of pyridine rings is 1. The van der Waals surface area contributed by atoms with Crippen LogP contribution in [0.4, 0.5) is 0 Å². The average molecular weight is 511 g/mol. The summed E-state index contributed by atoms with van der Waals surface area (Å²) in [7, 11) is -3.94. The van der Waals surface area contributed by atoms with Crippen molar-refractivity contribution >= 4 is 37.6 Å². The van der Waals surface area contributed by atoms with Gasteiger partial charge in [-0.1, -0.05) is 66.2 Å². The summed E-state index contributed by atoms with van der Waals surface area (Å²) in [5.41, 5.74) is 3.43. The van der Waals surface area contributed by atoms with Crippen LogP contribution in [0.1, 0.15) is 29.7 Å². The van der Waals surface area contributed by atoms with Gasteiger partial charge in [0.2, 0.25) is 5.91 Å². The van der Waals surface area contributed by atoms with E-state index in [1.807, 2.05) is 79.7 Å². The molecule has 1 N–H and O–H groups in total. The highest BCUT2D eigenvalue weighted by Gasteiger charge is 2.23. The number of nitrogens with one attached hydrogen (secondary N) is 1. The Morgan fingerprint density at radius 3 is 2.38 bits per heavy atom. The molecule has 0 saturated heterocycles. The van der Waals surface area contributed by atoms with Crippen molar-refractivity contribution in [1.82, 2.24) is 9.71 Å². The molecule has 37 heavy (non-hydrogen) atoms. The fourth-order valence-corrected chi connectivity index (χ4v) is 5.15. The van der Waals surface area contributed by atoms with Crippen LogP contribution in [-0.4, -0.2) is 19.3 Å². The normalized spacial score (nSPS) is 12.4. The maximum absolute atomic E-state index is 12.8. The minimum atomic E-state index is -3.94. The largest absolute Gasteiger partial charge is 0.487 e. The molecule has 1 heterocycles. The summed E-state index contributed by atoms with van der Waals surface area (Å²) in [5, 5.41) is 2.96. The van der Waals surface area contributed by atoms with Crippen LogP contribution in [0.3, 0.4) is 0 Å². The van der Waals surface area contributed by atoms with E-state index >= 15 is 0 Å². The number of benzene rings is 4. The Kier molecular flexibility index (Phi) is 6.63. The molecule has 4 aromatic carbocycles. The lowest BCUT2D eigenvalue weighted by Gasteiger charge is -2.14. The number of hydrogen-bond donors (Lipinski definition) is 1. The van der Waals surface area contributed by atoms with Crippen LogP contribution in [0.2, 0.25) is 0 Å². The zero-order valence-corrected chi connectivity index (χ0v) is 21.3. The van der Waals surface area contributed by atoms with Crippen LogP contribution in [0.5, 0.6) is 5.75 Å². The second-order valence-electron chi connectivity index (χ2n) is 9.06. The average Bonchev–Trinajstić information content (AvgIpc) is 2.91. The number of sulfonamides is 1. The molecule has 186 valence electrons. The predicted octanol–water partition coefficient (Wildman–Crippen LogP) is 5.88. The Labute approximate surface area is 216 Å². The maximum atomic E-state index is 12.8. The van der Waals surface area contributed by atoms with Gasteiger partial charge in [0, 0.05) is 5.39 Å². The molecular formula is C30H26N2O4S. The molecule has 0 radical (unpaired) electrons. The summed E-state index contributed by atoms with van der Waals surface area (Å²) in [6.45, 7) is 3.91. The van der Waals surface area contributed by atoms with Crippen LogP contribution in [0, 0.1) is 6.92 Å². The molecule has 5 aromatic rings. The predicted molar refractivity (Wildman–Crippen MR) is 145 cm³/mol. The molecule has 5 rings (SSSR count). The summed E-state index contributed by atoms with van der Waals surface area (Å²) >= 11 is 0. The molecule has 0 spiro atoms. The molecule has 1 amide bonds. The van der Waals surface area contributed by atoms with Gasteiger partial charge < -0.3 is 4.74 Å². The number of rotatable bonds is 7. The maximum Gasteiger partial charge on any atom is 0.264 e. The monoisotopic (exact) mass is 510 g/mol. The first-order valence-corrected chi connectivity index (χ1v) is 13.4. The molecule has 1 atom stereocenters.